The minimum absolute atomic E-state index is 0.557. The number of fused-ring (bicyclic) bond motifs is 1. The summed E-state index contributed by atoms with van der Waals surface area (Å²) in [6.07, 6.45) is 6.66. The van der Waals surface area contributed by atoms with Gasteiger partial charge in [0.2, 0.25) is 0 Å². The zero-order chi connectivity index (χ0) is 17.1. The van der Waals surface area contributed by atoms with Crippen LogP contribution in [0.5, 0.6) is 0 Å². The maximum absolute atomic E-state index is 4.44. The van der Waals surface area contributed by atoms with Crippen molar-refractivity contribution < 1.29 is 0 Å². The first-order valence-electron chi connectivity index (χ1n) is 9.03. The molecule has 2 N–H and O–H groups in total. The van der Waals surface area contributed by atoms with Crippen molar-refractivity contribution in [1.29, 1.82) is 0 Å². The van der Waals surface area contributed by atoms with Gasteiger partial charge in [0.05, 0.1) is 17.4 Å². The standard InChI is InChI=1S/C19H24N6/c1-2-15-10-19(24-12-21-15)25-7-5-16(6-8-25)20-11-14-3-4-17-18(9-14)23-13-22-17/h3-4,9-10,12-13,16,20H,2,5-8,11H2,1H3,(H,22,23). The molecule has 0 radical (unpaired) electrons. The van der Waals surface area contributed by atoms with Gasteiger partial charge in [-0.05, 0) is 37.0 Å². The molecule has 0 amide bonds. The lowest BCUT2D eigenvalue weighted by atomic mass is 10.0. The van der Waals surface area contributed by atoms with Crippen LogP contribution in [0.15, 0.2) is 36.9 Å². The van der Waals surface area contributed by atoms with Gasteiger partial charge in [0.15, 0.2) is 0 Å². The Morgan fingerprint density at radius 2 is 2.04 bits per heavy atom. The quantitative estimate of drug-likeness (QED) is 0.750. The van der Waals surface area contributed by atoms with Crippen molar-refractivity contribution in [2.24, 2.45) is 0 Å². The molecule has 3 heterocycles. The highest BCUT2D eigenvalue weighted by Crippen LogP contribution is 2.19. The number of rotatable bonds is 5. The fourth-order valence-corrected chi connectivity index (χ4v) is 3.42. The van der Waals surface area contributed by atoms with E-state index in [1.54, 1.807) is 12.7 Å². The van der Waals surface area contributed by atoms with Crippen LogP contribution in [0.25, 0.3) is 11.0 Å². The van der Waals surface area contributed by atoms with Gasteiger partial charge in [0, 0.05) is 37.4 Å². The summed E-state index contributed by atoms with van der Waals surface area (Å²) in [7, 11) is 0. The van der Waals surface area contributed by atoms with Gasteiger partial charge in [-0.15, -0.1) is 0 Å². The van der Waals surface area contributed by atoms with E-state index < -0.39 is 0 Å². The molecule has 1 aromatic carbocycles. The lowest BCUT2D eigenvalue weighted by molar-refractivity contribution is 0.412. The summed E-state index contributed by atoms with van der Waals surface area (Å²) in [5, 5.41) is 3.70. The number of aryl methyl sites for hydroxylation is 1. The molecular formula is C19H24N6. The molecule has 0 spiro atoms. The van der Waals surface area contributed by atoms with Gasteiger partial charge in [-0.25, -0.2) is 15.0 Å². The Balaban J connectivity index is 1.31. The van der Waals surface area contributed by atoms with Crippen LogP contribution in [0.2, 0.25) is 0 Å². The van der Waals surface area contributed by atoms with E-state index in [0.717, 1.165) is 61.4 Å². The predicted molar refractivity (Wildman–Crippen MR) is 99.6 cm³/mol. The minimum atomic E-state index is 0.557. The predicted octanol–water partition coefficient (Wildman–Crippen LogP) is 2.67. The molecule has 4 rings (SSSR count). The third-order valence-electron chi connectivity index (χ3n) is 4.97. The summed E-state index contributed by atoms with van der Waals surface area (Å²) in [5.74, 6) is 1.06. The number of anilines is 1. The molecule has 2 aromatic heterocycles. The largest absolute Gasteiger partial charge is 0.356 e. The monoisotopic (exact) mass is 336 g/mol. The highest BCUT2D eigenvalue weighted by Gasteiger charge is 2.20. The van der Waals surface area contributed by atoms with Gasteiger partial charge in [0.1, 0.15) is 12.1 Å². The van der Waals surface area contributed by atoms with E-state index in [9.17, 15) is 0 Å². The fraction of sp³-hybridized carbons (Fsp3) is 0.421. The number of piperidine rings is 1. The first kappa shape index (κ1) is 16.0. The molecule has 1 aliphatic heterocycles. The summed E-state index contributed by atoms with van der Waals surface area (Å²) in [4.78, 5) is 18.5. The SMILES string of the molecule is CCc1cc(N2CCC(NCc3ccc4nc[nH]c4c3)CC2)ncn1. The molecule has 6 nitrogen and oxygen atoms in total. The highest BCUT2D eigenvalue weighted by molar-refractivity contribution is 5.74. The van der Waals surface area contributed by atoms with Crippen molar-refractivity contribution in [1.82, 2.24) is 25.3 Å². The number of nitrogens with one attached hydrogen (secondary N) is 2. The maximum Gasteiger partial charge on any atom is 0.132 e. The third kappa shape index (κ3) is 3.64. The summed E-state index contributed by atoms with van der Waals surface area (Å²) in [6.45, 7) is 5.10. The Morgan fingerprint density at radius 3 is 2.88 bits per heavy atom. The first-order chi connectivity index (χ1) is 12.3. The second kappa shape index (κ2) is 7.19. The second-order valence-corrected chi connectivity index (χ2v) is 6.62. The Hall–Kier alpha value is -2.47. The molecule has 0 bridgehead atoms. The molecule has 1 saturated heterocycles. The Kier molecular flexibility index (Phi) is 4.61. The van der Waals surface area contributed by atoms with Crippen molar-refractivity contribution in [3.05, 3.63) is 48.2 Å². The van der Waals surface area contributed by atoms with Crippen LogP contribution >= 0.6 is 0 Å². The molecule has 3 aromatic rings. The van der Waals surface area contributed by atoms with Crippen LogP contribution in [0.1, 0.15) is 31.0 Å². The van der Waals surface area contributed by atoms with Crippen molar-refractivity contribution in [3.63, 3.8) is 0 Å². The molecule has 0 unspecified atom stereocenters. The maximum atomic E-state index is 4.44. The van der Waals surface area contributed by atoms with E-state index in [-0.39, 0.29) is 0 Å². The number of imidazole rings is 1. The van der Waals surface area contributed by atoms with Gasteiger partial charge in [-0.2, -0.15) is 0 Å². The number of hydrogen-bond acceptors (Lipinski definition) is 5. The van der Waals surface area contributed by atoms with E-state index in [1.807, 2.05) is 0 Å². The molecule has 1 fully saturated rings. The zero-order valence-electron chi connectivity index (χ0n) is 14.6. The van der Waals surface area contributed by atoms with Crippen LogP contribution in [-0.2, 0) is 13.0 Å². The summed E-state index contributed by atoms with van der Waals surface area (Å²) < 4.78 is 0. The average Bonchev–Trinajstić information content (AvgIpc) is 3.14. The number of benzene rings is 1. The van der Waals surface area contributed by atoms with Crippen molar-refractivity contribution in [2.75, 3.05) is 18.0 Å². The normalized spacial score (nSPS) is 15.8. The molecule has 25 heavy (non-hydrogen) atoms. The van der Waals surface area contributed by atoms with Gasteiger partial charge >= 0.3 is 0 Å². The highest BCUT2D eigenvalue weighted by atomic mass is 15.2. The molecule has 130 valence electrons. The number of aromatic amines is 1. The van der Waals surface area contributed by atoms with Gasteiger partial charge in [-0.1, -0.05) is 13.0 Å². The molecule has 0 aliphatic carbocycles. The van der Waals surface area contributed by atoms with Crippen molar-refractivity contribution >= 4 is 16.9 Å². The number of H-pyrrole nitrogens is 1. The van der Waals surface area contributed by atoms with Gasteiger partial charge in [-0.3, -0.25) is 0 Å². The fourth-order valence-electron chi connectivity index (χ4n) is 3.42. The topological polar surface area (TPSA) is 69.7 Å². The summed E-state index contributed by atoms with van der Waals surface area (Å²) in [6, 6.07) is 9.08. The molecule has 1 aliphatic rings. The summed E-state index contributed by atoms with van der Waals surface area (Å²) >= 11 is 0. The van der Waals surface area contributed by atoms with Gasteiger partial charge in [0.25, 0.3) is 0 Å². The van der Waals surface area contributed by atoms with Crippen molar-refractivity contribution in [3.8, 4) is 0 Å². The van der Waals surface area contributed by atoms with Crippen LogP contribution in [0.4, 0.5) is 5.82 Å². The number of hydrogen-bond donors (Lipinski definition) is 2. The Bertz CT molecular complexity index is 835. The lowest BCUT2D eigenvalue weighted by Crippen LogP contribution is -2.42. The van der Waals surface area contributed by atoms with E-state index in [4.69, 9.17) is 0 Å². The molecule has 0 atom stereocenters. The third-order valence-corrected chi connectivity index (χ3v) is 4.97. The second-order valence-electron chi connectivity index (χ2n) is 6.62. The molecular weight excluding hydrogens is 312 g/mol. The molecule has 6 heteroatoms. The molecule has 0 saturated carbocycles. The number of nitrogens with zero attached hydrogens (tertiary/aromatic N) is 4. The van der Waals surface area contributed by atoms with E-state index >= 15 is 0 Å². The number of aromatic nitrogens is 4. The van der Waals surface area contributed by atoms with Crippen LogP contribution < -0.4 is 10.2 Å². The van der Waals surface area contributed by atoms with Crippen LogP contribution in [-0.4, -0.2) is 39.1 Å². The lowest BCUT2D eigenvalue weighted by Gasteiger charge is -2.33. The van der Waals surface area contributed by atoms with E-state index in [0.29, 0.717) is 6.04 Å². The van der Waals surface area contributed by atoms with Crippen LogP contribution in [0.3, 0.4) is 0 Å². The van der Waals surface area contributed by atoms with E-state index in [2.05, 4.69) is 61.3 Å². The minimum Gasteiger partial charge on any atom is -0.356 e. The zero-order valence-corrected chi connectivity index (χ0v) is 14.6. The average molecular weight is 336 g/mol. The van der Waals surface area contributed by atoms with E-state index in [1.165, 1.54) is 5.56 Å². The van der Waals surface area contributed by atoms with Crippen LogP contribution in [0, 0.1) is 0 Å². The van der Waals surface area contributed by atoms with Crippen molar-refractivity contribution in [2.45, 2.75) is 38.8 Å². The first-order valence-corrected chi connectivity index (χ1v) is 9.03. The summed E-state index contributed by atoms with van der Waals surface area (Å²) in [5.41, 5.74) is 4.53. The Morgan fingerprint density at radius 1 is 1.16 bits per heavy atom. The smallest absolute Gasteiger partial charge is 0.132 e. The Labute approximate surface area is 147 Å². The van der Waals surface area contributed by atoms with Gasteiger partial charge < -0.3 is 15.2 Å².